The van der Waals surface area contributed by atoms with Crippen molar-refractivity contribution >= 4 is 56.3 Å². The fourth-order valence-corrected chi connectivity index (χ4v) is 11.7. The summed E-state index contributed by atoms with van der Waals surface area (Å²) in [5.41, 5.74) is 2.49. The number of ketones is 1. The number of likely N-dealkylation sites (tertiary alicyclic amines) is 1. The van der Waals surface area contributed by atoms with Crippen LogP contribution in [0.25, 0.3) is 22.2 Å². The van der Waals surface area contributed by atoms with Crippen LogP contribution in [-0.4, -0.2) is 126 Å². The maximum Gasteiger partial charge on any atom is 0.301 e. The van der Waals surface area contributed by atoms with Crippen LogP contribution in [0, 0.1) is 17.6 Å². The smallest absolute Gasteiger partial charge is 0.301 e. The van der Waals surface area contributed by atoms with Gasteiger partial charge in [-0.15, -0.1) is 0 Å². The highest BCUT2D eigenvalue weighted by Gasteiger charge is 2.41. The number of carbonyl (C=O) groups is 4. The third kappa shape index (κ3) is 8.68. The van der Waals surface area contributed by atoms with E-state index in [1.54, 1.807) is 30.5 Å². The van der Waals surface area contributed by atoms with E-state index in [9.17, 15) is 32.0 Å². The van der Waals surface area contributed by atoms with Gasteiger partial charge in [0.15, 0.2) is 5.82 Å². The second-order valence-electron chi connectivity index (χ2n) is 18.4. The number of H-pyrrole nitrogens is 1. The first-order chi connectivity index (χ1) is 32.7. The van der Waals surface area contributed by atoms with E-state index in [0.29, 0.717) is 58.3 Å². The second kappa shape index (κ2) is 18.3. The van der Waals surface area contributed by atoms with Gasteiger partial charge in [-0.1, -0.05) is 6.07 Å². The van der Waals surface area contributed by atoms with E-state index in [1.807, 2.05) is 22.9 Å². The summed E-state index contributed by atoms with van der Waals surface area (Å²) in [6.07, 6.45) is 7.78. The maximum atomic E-state index is 15.8. The molecule has 1 unspecified atom stereocenters. The number of methoxy groups -OCH3 is 1. The molecule has 356 valence electrons. The van der Waals surface area contributed by atoms with E-state index in [2.05, 4.69) is 31.2 Å². The first kappa shape index (κ1) is 45.4. The van der Waals surface area contributed by atoms with Crippen molar-refractivity contribution in [2.75, 3.05) is 62.5 Å². The number of ether oxygens (including phenoxy) is 1. The van der Waals surface area contributed by atoms with Crippen molar-refractivity contribution in [2.24, 2.45) is 5.92 Å². The second-order valence-corrected chi connectivity index (χ2v) is 20.0. The van der Waals surface area contributed by atoms with Crippen LogP contribution in [0.5, 0.6) is 5.75 Å². The Balaban J connectivity index is 0.738. The Kier molecular flexibility index (Phi) is 12.2. The lowest BCUT2D eigenvalue weighted by Crippen LogP contribution is -2.52. The molecule has 5 aromatic rings. The molecule has 4 fully saturated rings. The molecule has 3 aromatic heterocycles. The molecule has 5 aliphatic rings. The van der Waals surface area contributed by atoms with Crippen molar-refractivity contribution in [3.63, 3.8) is 0 Å². The van der Waals surface area contributed by atoms with Crippen molar-refractivity contribution < 1.29 is 45.5 Å². The number of anilines is 2. The maximum absolute atomic E-state index is 15.8. The number of imide groups is 1. The van der Waals surface area contributed by atoms with Crippen LogP contribution < -0.4 is 19.7 Å². The highest BCUT2D eigenvalue weighted by Crippen LogP contribution is 2.40. The molecule has 2 atom stereocenters. The van der Waals surface area contributed by atoms with Gasteiger partial charge in [0.1, 0.15) is 35.2 Å². The molecule has 0 aliphatic carbocycles. The molecule has 4 saturated heterocycles. The number of pyridine rings is 2. The highest BCUT2D eigenvalue weighted by atomic mass is 32.2. The Bertz CT molecular complexity index is 2940. The van der Waals surface area contributed by atoms with E-state index in [1.165, 1.54) is 6.20 Å². The molecule has 68 heavy (non-hydrogen) atoms. The van der Waals surface area contributed by atoms with Crippen LogP contribution in [0.4, 0.5) is 24.7 Å². The Hall–Kier alpha value is -6.38. The standard InChI is InChI=1S/C48H50F3N9O7S/c1-67-39-20-30(18-32-25-60(48(64)42(32)39)38-5-7-41(61)55-47(38)63)28-10-13-57(14-11-28)24-27-8-15-58(16-9-27)40-6-2-29(21-52-40)31-19-34-35(23-54-46(34)53-22-31)45(62)43-36(50)3-4-37(44(43)51)56-68(65,66)59-17-12-33(49)26-59/h2-4,6,18-23,27-28,33,38,56H,5,7-17,24-26H2,1H3,(H,53,54)(H,55,61,63)/t33-,38?/m1/s1. The third-order valence-corrected chi connectivity index (χ3v) is 15.7. The van der Waals surface area contributed by atoms with Gasteiger partial charge in [0.05, 0.1) is 23.9 Å². The third-order valence-electron chi connectivity index (χ3n) is 14.2. The molecule has 20 heteroatoms. The average molecular weight is 954 g/mol. The van der Waals surface area contributed by atoms with Gasteiger partial charge in [0.25, 0.3) is 5.91 Å². The normalized spacial score (nSPS) is 21.1. The first-order valence-electron chi connectivity index (χ1n) is 23.0. The summed E-state index contributed by atoms with van der Waals surface area (Å²) in [6.45, 7) is 4.45. The molecule has 0 spiro atoms. The molecular weight excluding hydrogens is 904 g/mol. The van der Waals surface area contributed by atoms with Crippen LogP contribution in [-0.2, 0) is 26.3 Å². The molecular formula is C48H50F3N9O7S. The number of carbonyl (C=O) groups excluding carboxylic acids is 4. The van der Waals surface area contributed by atoms with Crippen molar-refractivity contribution in [2.45, 2.75) is 69.6 Å². The molecule has 2 aromatic carbocycles. The summed E-state index contributed by atoms with van der Waals surface area (Å²) in [4.78, 5) is 70.0. The summed E-state index contributed by atoms with van der Waals surface area (Å²) in [5, 5.41) is 2.67. The first-order valence-corrected chi connectivity index (χ1v) is 24.4. The predicted molar refractivity (Wildman–Crippen MR) is 245 cm³/mol. The van der Waals surface area contributed by atoms with Crippen molar-refractivity contribution in [3.05, 3.63) is 101 Å². The number of fused-ring (bicyclic) bond motifs is 2. The highest BCUT2D eigenvalue weighted by molar-refractivity contribution is 7.90. The zero-order valence-corrected chi connectivity index (χ0v) is 38.1. The number of benzene rings is 2. The number of rotatable bonds is 12. The summed E-state index contributed by atoms with van der Waals surface area (Å²) in [7, 11) is -2.80. The summed E-state index contributed by atoms with van der Waals surface area (Å²) >= 11 is 0. The Morgan fingerprint density at radius 2 is 1.69 bits per heavy atom. The number of hydrogen-bond donors (Lipinski definition) is 3. The van der Waals surface area contributed by atoms with Crippen LogP contribution in [0.2, 0.25) is 0 Å². The number of amides is 3. The van der Waals surface area contributed by atoms with Gasteiger partial charge >= 0.3 is 10.2 Å². The van der Waals surface area contributed by atoms with E-state index in [-0.39, 0.29) is 36.8 Å². The number of nitrogens with zero attached hydrogens (tertiary/aromatic N) is 6. The molecule has 5 aliphatic heterocycles. The van der Waals surface area contributed by atoms with Crippen molar-refractivity contribution in [1.29, 1.82) is 0 Å². The summed E-state index contributed by atoms with van der Waals surface area (Å²) in [6, 6.07) is 10.6. The van der Waals surface area contributed by atoms with Gasteiger partial charge < -0.3 is 24.4 Å². The van der Waals surface area contributed by atoms with Crippen molar-refractivity contribution in [1.82, 2.24) is 34.4 Å². The zero-order chi connectivity index (χ0) is 47.4. The number of hydrogen-bond acceptors (Lipinski definition) is 11. The van der Waals surface area contributed by atoms with Crippen LogP contribution in [0.1, 0.15) is 88.3 Å². The lowest BCUT2D eigenvalue weighted by molar-refractivity contribution is -0.136. The Labute approximate surface area is 390 Å². The van der Waals surface area contributed by atoms with Gasteiger partial charge in [-0.2, -0.15) is 12.7 Å². The van der Waals surface area contributed by atoms with Crippen LogP contribution in [0.3, 0.4) is 0 Å². The Morgan fingerprint density at radius 1 is 0.912 bits per heavy atom. The number of halogens is 3. The van der Waals surface area contributed by atoms with E-state index in [4.69, 9.17) is 9.72 Å². The lowest BCUT2D eigenvalue weighted by Gasteiger charge is -2.38. The SMILES string of the molecule is COc1cc(C2CCN(CC3CCN(c4ccc(-c5cnc6[nH]cc(C(=O)c7c(F)ccc(NS(=O)(=O)N8CC[C@@H](F)C8)c7F)c6c5)cn4)CC3)CC2)cc2c1C(=O)N(C1CCC(=O)NC1=O)C2. The lowest BCUT2D eigenvalue weighted by atomic mass is 9.86. The predicted octanol–water partition coefficient (Wildman–Crippen LogP) is 5.70. The molecule has 10 rings (SSSR count). The van der Waals surface area contributed by atoms with Crippen LogP contribution in [0.15, 0.2) is 61.1 Å². The fourth-order valence-electron chi connectivity index (χ4n) is 10.4. The monoisotopic (exact) mass is 953 g/mol. The molecule has 0 saturated carbocycles. The number of aromatic amines is 1. The molecule has 8 heterocycles. The number of aromatic nitrogens is 3. The Morgan fingerprint density at radius 3 is 2.40 bits per heavy atom. The van der Waals surface area contributed by atoms with Crippen LogP contribution >= 0.6 is 0 Å². The van der Waals surface area contributed by atoms with Gasteiger partial charge in [-0.05, 0) is 111 Å². The molecule has 0 radical (unpaired) electrons. The number of nitrogens with one attached hydrogen (secondary N) is 3. The van der Waals surface area contributed by atoms with Crippen molar-refractivity contribution in [3.8, 4) is 16.9 Å². The van der Waals surface area contributed by atoms with E-state index >= 15 is 8.78 Å². The molecule has 16 nitrogen and oxygen atoms in total. The van der Waals surface area contributed by atoms with Gasteiger partial charge in [0.2, 0.25) is 17.6 Å². The minimum atomic E-state index is -4.36. The largest absolute Gasteiger partial charge is 0.496 e. The number of alkyl halides is 1. The molecule has 0 bridgehead atoms. The minimum Gasteiger partial charge on any atom is -0.496 e. The summed E-state index contributed by atoms with van der Waals surface area (Å²) in [5.74, 6) is -2.37. The number of piperidine rings is 3. The summed E-state index contributed by atoms with van der Waals surface area (Å²) < 4.78 is 78.9. The van der Waals surface area contributed by atoms with Gasteiger partial charge in [0, 0.05) is 86.4 Å². The minimum absolute atomic E-state index is 0.00158. The van der Waals surface area contributed by atoms with E-state index < -0.39 is 63.5 Å². The average Bonchev–Trinajstić information content (AvgIpc) is 4.07. The topological polar surface area (TPSA) is 190 Å². The zero-order valence-electron chi connectivity index (χ0n) is 37.3. The van der Waals surface area contributed by atoms with E-state index in [0.717, 1.165) is 91.8 Å². The molecule has 3 N–H and O–H groups in total. The fraction of sp³-hybridized carbons (Fsp3) is 0.417. The quantitative estimate of drug-likeness (QED) is 0.103. The van der Waals surface area contributed by atoms with Gasteiger partial charge in [-0.3, -0.25) is 29.2 Å². The molecule has 3 amide bonds. The van der Waals surface area contributed by atoms with Gasteiger partial charge in [-0.25, -0.2) is 23.1 Å².